The van der Waals surface area contributed by atoms with E-state index in [-0.39, 0.29) is 17.2 Å². The lowest BCUT2D eigenvalue weighted by atomic mass is 10.3. The quantitative estimate of drug-likeness (QED) is 0.812. The van der Waals surface area contributed by atoms with Crippen LogP contribution < -0.4 is 5.56 Å². The Bertz CT molecular complexity index is 595. The molecule has 2 aromatic rings. The van der Waals surface area contributed by atoms with E-state index in [0.29, 0.717) is 6.54 Å². The number of aryl methyl sites for hydroxylation is 1. The molecule has 2 heterocycles. The third-order valence-corrected chi connectivity index (χ3v) is 2.54. The van der Waals surface area contributed by atoms with Crippen LogP contribution in [0.5, 0.6) is 0 Å². The highest BCUT2D eigenvalue weighted by Crippen LogP contribution is 2.03. The van der Waals surface area contributed by atoms with E-state index in [2.05, 4.69) is 15.2 Å². The second kappa shape index (κ2) is 4.82. The summed E-state index contributed by atoms with van der Waals surface area (Å²) in [6, 6.07) is 2.67. The first kappa shape index (κ1) is 12.0. The zero-order valence-electron chi connectivity index (χ0n) is 10.1. The molecule has 1 amide bonds. The van der Waals surface area contributed by atoms with Gasteiger partial charge in [0.1, 0.15) is 11.5 Å². The van der Waals surface area contributed by atoms with Crippen molar-refractivity contribution in [3.63, 3.8) is 0 Å². The number of carbonyl (C=O) groups is 1. The topological polar surface area (TPSA) is 83.9 Å². The smallest absolute Gasteiger partial charge is 0.274 e. The van der Waals surface area contributed by atoms with Gasteiger partial charge in [0.25, 0.3) is 11.5 Å². The standard InChI is InChI=1S/C11H13N5O2/c1-15-6-5-12-9(15)7-16(2)11(18)8-3-4-10(17)14-13-8/h3-6H,7H2,1-2H3,(H,14,17). The van der Waals surface area contributed by atoms with Crippen LogP contribution in [-0.2, 0) is 13.6 Å². The summed E-state index contributed by atoms with van der Waals surface area (Å²) in [7, 11) is 3.52. The van der Waals surface area contributed by atoms with Crippen LogP contribution in [0.25, 0.3) is 0 Å². The molecule has 0 unspecified atom stereocenters. The number of H-pyrrole nitrogens is 1. The number of aromatic nitrogens is 4. The summed E-state index contributed by atoms with van der Waals surface area (Å²) in [5.41, 5.74) is -0.135. The molecular formula is C11H13N5O2. The van der Waals surface area contributed by atoms with Crippen LogP contribution in [-0.4, -0.2) is 37.6 Å². The highest BCUT2D eigenvalue weighted by Gasteiger charge is 2.15. The molecular weight excluding hydrogens is 234 g/mol. The maximum atomic E-state index is 12.0. The molecule has 1 N–H and O–H groups in total. The Morgan fingerprint density at radius 3 is 2.83 bits per heavy atom. The number of hydrogen-bond acceptors (Lipinski definition) is 4. The second-order valence-corrected chi connectivity index (χ2v) is 3.92. The second-order valence-electron chi connectivity index (χ2n) is 3.92. The lowest BCUT2D eigenvalue weighted by molar-refractivity contribution is 0.0773. The number of rotatable bonds is 3. The molecule has 7 heteroatoms. The Labute approximate surface area is 103 Å². The molecule has 2 rings (SSSR count). The van der Waals surface area contributed by atoms with Crippen molar-refractivity contribution < 1.29 is 4.79 Å². The van der Waals surface area contributed by atoms with E-state index in [1.165, 1.54) is 17.0 Å². The molecule has 0 aromatic carbocycles. The first-order valence-corrected chi connectivity index (χ1v) is 5.35. The number of imidazole rings is 1. The van der Waals surface area contributed by atoms with Crippen LogP contribution in [0.4, 0.5) is 0 Å². The van der Waals surface area contributed by atoms with E-state index >= 15 is 0 Å². The van der Waals surface area contributed by atoms with Crippen LogP contribution in [0.1, 0.15) is 16.3 Å². The summed E-state index contributed by atoms with van der Waals surface area (Å²) in [5.74, 6) is 0.504. The molecule has 94 valence electrons. The van der Waals surface area contributed by atoms with Gasteiger partial charge in [0.05, 0.1) is 6.54 Å². The summed E-state index contributed by atoms with van der Waals surface area (Å²) >= 11 is 0. The number of nitrogens with zero attached hydrogens (tertiary/aromatic N) is 4. The van der Waals surface area contributed by atoms with Crippen molar-refractivity contribution in [2.24, 2.45) is 7.05 Å². The fraction of sp³-hybridized carbons (Fsp3) is 0.273. The van der Waals surface area contributed by atoms with Gasteiger partial charge in [-0.15, -0.1) is 0 Å². The molecule has 0 radical (unpaired) electrons. The van der Waals surface area contributed by atoms with Crippen molar-refractivity contribution in [3.8, 4) is 0 Å². The predicted octanol–water partition coefficient (Wildman–Crippen LogP) is -0.224. The summed E-state index contributed by atoms with van der Waals surface area (Å²) < 4.78 is 1.84. The highest BCUT2D eigenvalue weighted by atomic mass is 16.2. The van der Waals surface area contributed by atoms with Gasteiger partial charge >= 0.3 is 0 Å². The molecule has 0 aliphatic heterocycles. The molecule has 7 nitrogen and oxygen atoms in total. The van der Waals surface area contributed by atoms with Crippen molar-refractivity contribution in [2.45, 2.75) is 6.54 Å². The third kappa shape index (κ3) is 2.45. The van der Waals surface area contributed by atoms with Gasteiger partial charge in [0.15, 0.2) is 0 Å². The van der Waals surface area contributed by atoms with Gasteiger partial charge < -0.3 is 9.47 Å². The number of nitrogens with one attached hydrogen (secondary N) is 1. The summed E-state index contributed by atoms with van der Waals surface area (Å²) in [5, 5.41) is 5.93. The summed E-state index contributed by atoms with van der Waals surface area (Å²) in [6.07, 6.45) is 3.48. The number of carbonyl (C=O) groups excluding carboxylic acids is 1. The zero-order chi connectivity index (χ0) is 13.1. The van der Waals surface area contributed by atoms with E-state index in [9.17, 15) is 9.59 Å². The van der Waals surface area contributed by atoms with Crippen molar-refractivity contribution in [1.82, 2.24) is 24.6 Å². The molecule has 0 aliphatic carbocycles. The third-order valence-electron chi connectivity index (χ3n) is 2.54. The van der Waals surface area contributed by atoms with E-state index in [4.69, 9.17) is 0 Å². The van der Waals surface area contributed by atoms with E-state index in [0.717, 1.165) is 5.82 Å². The Kier molecular flexibility index (Phi) is 3.22. The van der Waals surface area contributed by atoms with Crippen molar-refractivity contribution >= 4 is 5.91 Å². The first-order chi connectivity index (χ1) is 8.58. The molecule has 0 saturated heterocycles. The Morgan fingerprint density at radius 1 is 1.50 bits per heavy atom. The van der Waals surface area contributed by atoms with Crippen LogP contribution in [0.3, 0.4) is 0 Å². The van der Waals surface area contributed by atoms with Crippen LogP contribution in [0.2, 0.25) is 0 Å². The molecule has 18 heavy (non-hydrogen) atoms. The molecule has 2 aromatic heterocycles. The maximum Gasteiger partial charge on any atom is 0.274 e. The fourth-order valence-electron chi connectivity index (χ4n) is 1.49. The van der Waals surface area contributed by atoms with Crippen molar-refractivity contribution in [1.29, 1.82) is 0 Å². The first-order valence-electron chi connectivity index (χ1n) is 5.35. The molecule has 0 fully saturated rings. The van der Waals surface area contributed by atoms with Gasteiger partial charge in [-0.25, -0.2) is 10.1 Å². The number of aromatic amines is 1. The minimum absolute atomic E-state index is 0.200. The van der Waals surface area contributed by atoms with Gasteiger partial charge in [-0.05, 0) is 6.07 Å². The number of amides is 1. The monoisotopic (exact) mass is 247 g/mol. The van der Waals surface area contributed by atoms with Crippen LogP contribution in [0, 0.1) is 0 Å². The molecule has 0 bridgehead atoms. The minimum atomic E-state index is -0.335. The van der Waals surface area contributed by atoms with E-state index < -0.39 is 0 Å². The average Bonchev–Trinajstić information content (AvgIpc) is 2.75. The van der Waals surface area contributed by atoms with E-state index in [1.54, 1.807) is 13.2 Å². The Balaban J connectivity index is 2.12. The number of hydrogen-bond donors (Lipinski definition) is 1. The van der Waals surface area contributed by atoms with Crippen LogP contribution >= 0.6 is 0 Å². The fourth-order valence-corrected chi connectivity index (χ4v) is 1.49. The van der Waals surface area contributed by atoms with Gasteiger partial charge in [0, 0.05) is 32.6 Å². The SMILES string of the molecule is CN(Cc1nccn1C)C(=O)c1ccc(=O)[nH]n1. The van der Waals surface area contributed by atoms with Crippen molar-refractivity contribution in [2.75, 3.05) is 7.05 Å². The van der Waals surface area contributed by atoms with Gasteiger partial charge in [0.2, 0.25) is 0 Å². The minimum Gasteiger partial charge on any atom is -0.337 e. The highest BCUT2D eigenvalue weighted by molar-refractivity contribution is 5.91. The molecule has 0 saturated carbocycles. The van der Waals surface area contributed by atoms with Crippen LogP contribution in [0.15, 0.2) is 29.3 Å². The molecule has 0 atom stereocenters. The zero-order valence-corrected chi connectivity index (χ0v) is 10.1. The largest absolute Gasteiger partial charge is 0.337 e. The Hall–Kier alpha value is -2.44. The normalized spacial score (nSPS) is 10.3. The maximum absolute atomic E-state index is 12.0. The van der Waals surface area contributed by atoms with E-state index in [1.807, 2.05) is 17.8 Å². The lowest BCUT2D eigenvalue weighted by Crippen LogP contribution is -2.29. The van der Waals surface area contributed by atoms with Crippen molar-refractivity contribution in [3.05, 3.63) is 46.4 Å². The summed E-state index contributed by atoms with van der Waals surface area (Å²) in [6.45, 7) is 0.378. The van der Waals surface area contributed by atoms with Gasteiger partial charge in [-0.2, -0.15) is 5.10 Å². The summed E-state index contributed by atoms with van der Waals surface area (Å²) in [4.78, 5) is 28.5. The van der Waals surface area contributed by atoms with Gasteiger partial charge in [-0.1, -0.05) is 0 Å². The van der Waals surface area contributed by atoms with Gasteiger partial charge in [-0.3, -0.25) is 9.59 Å². The lowest BCUT2D eigenvalue weighted by Gasteiger charge is -2.15. The molecule has 0 aliphatic rings. The predicted molar refractivity (Wildman–Crippen MR) is 63.9 cm³/mol. The Morgan fingerprint density at radius 2 is 2.28 bits per heavy atom. The average molecular weight is 247 g/mol. The molecule has 0 spiro atoms.